The molecule has 0 spiro atoms. The van der Waals surface area contributed by atoms with Gasteiger partial charge in [0.25, 0.3) is 0 Å². The largest absolute Gasteiger partial charge is 0.418 e. The van der Waals surface area contributed by atoms with Crippen LogP contribution in [-0.4, -0.2) is 44.2 Å². The van der Waals surface area contributed by atoms with Gasteiger partial charge in [-0.3, -0.25) is 4.57 Å². The highest BCUT2D eigenvalue weighted by molar-refractivity contribution is 6.86. The lowest BCUT2D eigenvalue weighted by atomic mass is 10.7. The van der Waals surface area contributed by atoms with Crippen molar-refractivity contribution in [2.24, 2.45) is 0 Å². The molecule has 15 heavy (non-hydrogen) atoms. The van der Waals surface area contributed by atoms with E-state index < -0.39 is 26.6 Å². The molecule has 2 unspecified atom stereocenters. The molecule has 0 radical (unpaired) electrons. The molecule has 1 rings (SSSR count). The maximum Gasteiger partial charge on any atom is 0.406 e. The van der Waals surface area contributed by atoms with Crippen LogP contribution >= 0.6 is 0 Å². The van der Waals surface area contributed by atoms with Crippen LogP contribution in [0.15, 0.2) is 0 Å². The Kier molecular flexibility index (Phi) is 4.32. The highest BCUT2D eigenvalue weighted by Gasteiger charge is 2.50. The van der Waals surface area contributed by atoms with Gasteiger partial charge in [-0.05, 0) is 39.3 Å². The van der Waals surface area contributed by atoms with Gasteiger partial charge in [-0.25, -0.2) is 0 Å². The van der Waals surface area contributed by atoms with Gasteiger partial charge < -0.3 is 12.3 Å². The predicted molar refractivity (Wildman–Crippen MR) is 68.3 cm³/mol. The van der Waals surface area contributed by atoms with Crippen LogP contribution in [0, 0.1) is 0 Å². The number of hydrogen-bond acceptors (Lipinski definition) is 4. The third kappa shape index (κ3) is 3.22. The van der Waals surface area contributed by atoms with Gasteiger partial charge in [0.05, 0.1) is 0 Å². The van der Waals surface area contributed by atoms with Crippen LogP contribution in [0.2, 0.25) is 26.2 Å². The van der Waals surface area contributed by atoms with E-state index in [1.165, 1.54) is 0 Å². The Hall–Kier alpha value is 0.491. The monoisotopic (exact) mass is 265 g/mol. The van der Waals surface area contributed by atoms with E-state index in [4.69, 9.17) is 12.3 Å². The van der Waals surface area contributed by atoms with Gasteiger partial charge >= 0.3 is 26.6 Å². The minimum Gasteiger partial charge on any atom is -0.418 e. The molecule has 0 bridgehead atoms. The normalized spacial score (nSPS) is 35.8. The van der Waals surface area contributed by atoms with E-state index in [-0.39, 0.29) is 0 Å². The van der Waals surface area contributed by atoms with E-state index in [1.54, 1.807) is 0 Å². The van der Waals surface area contributed by atoms with E-state index in [2.05, 4.69) is 44.6 Å². The lowest BCUT2D eigenvalue weighted by Crippen LogP contribution is -2.68. The van der Waals surface area contributed by atoms with Gasteiger partial charge in [0, 0.05) is 0 Å². The Morgan fingerprint density at radius 3 is 2.00 bits per heavy atom. The second-order valence-corrected chi connectivity index (χ2v) is 13.4. The zero-order chi connectivity index (χ0) is 11.7. The summed E-state index contributed by atoms with van der Waals surface area (Å²) in [5.41, 5.74) is 0. The Bertz CT molecular complexity index is 225. The summed E-state index contributed by atoms with van der Waals surface area (Å²) in [6.45, 7) is 14.8. The summed E-state index contributed by atoms with van der Waals surface area (Å²) in [7, 11) is -5.53. The molecule has 0 aromatic heterocycles. The second-order valence-electron chi connectivity index (χ2n) is 4.38. The van der Waals surface area contributed by atoms with Crippen LogP contribution in [0.4, 0.5) is 0 Å². The van der Waals surface area contributed by atoms with Crippen molar-refractivity contribution in [3.63, 3.8) is 0 Å². The molecule has 0 aromatic rings. The Labute approximate surface area is 96.9 Å². The first-order valence-electron chi connectivity index (χ1n) is 5.64. The van der Waals surface area contributed by atoms with Gasteiger partial charge in [0.1, 0.15) is 0 Å². The molecule has 0 aliphatic carbocycles. The van der Waals surface area contributed by atoms with E-state index in [0.29, 0.717) is 0 Å². The Balaban J connectivity index is 2.82. The fourth-order valence-corrected chi connectivity index (χ4v) is 15.6. The summed E-state index contributed by atoms with van der Waals surface area (Å²) in [6, 6.07) is 0. The fraction of sp³-hybridized carbons (Fsp3) is 1.00. The molecule has 0 aromatic carbocycles. The Morgan fingerprint density at radius 2 is 1.60 bits per heavy atom. The summed E-state index contributed by atoms with van der Waals surface area (Å²) in [5.74, 6) is 0. The summed E-state index contributed by atoms with van der Waals surface area (Å²) < 4.78 is 20.4. The van der Waals surface area contributed by atoms with Gasteiger partial charge in [-0.2, -0.15) is 0 Å². The highest BCUT2D eigenvalue weighted by atomic mass is 28.5. The number of hydrogen-bond donors (Lipinski definition) is 0. The molecule has 0 saturated carbocycles. The third-order valence-electron chi connectivity index (χ3n) is 2.61. The molecule has 1 saturated heterocycles. The van der Waals surface area contributed by atoms with Crippen molar-refractivity contribution in [1.29, 1.82) is 0 Å². The first-order valence-corrected chi connectivity index (χ1v) is 12.8. The van der Waals surface area contributed by atoms with Crippen molar-refractivity contribution < 1.29 is 12.3 Å². The molecule has 1 aliphatic rings. The minimum atomic E-state index is -2.13. The van der Waals surface area contributed by atoms with E-state index in [1.807, 2.05) is 0 Å². The zero-order valence-corrected chi connectivity index (χ0v) is 13.8. The molecule has 4 nitrogen and oxygen atoms in total. The van der Waals surface area contributed by atoms with Crippen molar-refractivity contribution in [3.8, 4) is 0 Å². The van der Waals surface area contributed by atoms with Crippen LogP contribution < -0.4 is 0 Å². The van der Waals surface area contributed by atoms with Crippen molar-refractivity contribution >= 4 is 26.6 Å². The molecule has 1 heterocycles. The third-order valence-corrected chi connectivity index (χ3v) is 14.5. The minimum absolute atomic E-state index is 0.991. The maximum atomic E-state index is 6.17. The molecule has 2 atom stereocenters. The average Bonchev–Trinajstić information content (AvgIpc) is 2.00. The number of nitrogens with zero attached hydrogens (tertiary/aromatic N) is 1. The van der Waals surface area contributed by atoms with Crippen molar-refractivity contribution in [1.82, 2.24) is 4.57 Å². The fourth-order valence-electron chi connectivity index (χ4n) is 2.17. The summed E-state index contributed by atoms with van der Waals surface area (Å²) >= 11 is 0. The summed E-state index contributed by atoms with van der Waals surface area (Å²) in [6.07, 6.45) is 0. The molecule has 7 heteroatoms. The average molecular weight is 266 g/mol. The van der Waals surface area contributed by atoms with E-state index in [9.17, 15) is 0 Å². The lowest BCUT2D eigenvalue weighted by Gasteiger charge is -2.47. The highest BCUT2D eigenvalue weighted by Crippen LogP contribution is 2.26. The predicted octanol–water partition coefficient (Wildman–Crippen LogP) is 1.51. The molecule has 90 valence electrons. The van der Waals surface area contributed by atoms with Crippen molar-refractivity contribution in [2.75, 3.05) is 13.1 Å². The first kappa shape index (κ1) is 13.6. The maximum absolute atomic E-state index is 6.17. The molecular formula is C8H23NO3Si3. The van der Waals surface area contributed by atoms with Gasteiger partial charge in [0.2, 0.25) is 0 Å². The van der Waals surface area contributed by atoms with Crippen LogP contribution in [0.5, 0.6) is 0 Å². The number of rotatable bonds is 3. The summed E-state index contributed by atoms with van der Waals surface area (Å²) in [4.78, 5) is 0. The van der Waals surface area contributed by atoms with Crippen LogP contribution in [0.1, 0.15) is 13.8 Å². The molecular weight excluding hydrogens is 242 g/mol. The van der Waals surface area contributed by atoms with Crippen LogP contribution in [0.3, 0.4) is 0 Å². The molecule has 0 N–H and O–H groups in total. The van der Waals surface area contributed by atoms with Crippen LogP contribution in [0.25, 0.3) is 0 Å². The Morgan fingerprint density at radius 1 is 1.07 bits per heavy atom. The van der Waals surface area contributed by atoms with Gasteiger partial charge in [-0.15, -0.1) is 0 Å². The molecule has 0 amide bonds. The van der Waals surface area contributed by atoms with Gasteiger partial charge in [-0.1, -0.05) is 13.8 Å². The topological polar surface area (TPSA) is 30.9 Å². The molecule has 1 aliphatic heterocycles. The quantitative estimate of drug-likeness (QED) is 0.724. The van der Waals surface area contributed by atoms with Crippen molar-refractivity contribution in [2.45, 2.75) is 40.0 Å². The van der Waals surface area contributed by atoms with Gasteiger partial charge in [0.15, 0.2) is 0 Å². The van der Waals surface area contributed by atoms with Crippen molar-refractivity contribution in [3.05, 3.63) is 0 Å². The standard InChI is InChI=1S/C8H23NO3Si3/c1-7-9(8-2)15(6)11-13(3)10-14(4,5)12-15/h13H,7-8H2,1-6H3. The zero-order valence-electron chi connectivity index (χ0n) is 10.7. The second kappa shape index (κ2) is 4.78. The SMILES string of the molecule is CCN(CC)[Si]1(C)O[SiH](C)O[Si](C)(C)O1. The first-order chi connectivity index (χ1) is 6.83. The summed E-state index contributed by atoms with van der Waals surface area (Å²) in [5, 5.41) is 0. The lowest BCUT2D eigenvalue weighted by molar-refractivity contribution is 0.190. The molecule has 1 fully saturated rings. The van der Waals surface area contributed by atoms with E-state index >= 15 is 0 Å². The smallest absolute Gasteiger partial charge is 0.406 e. The van der Waals surface area contributed by atoms with E-state index in [0.717, 1.165) is 13.1 Å². The van der Waals surface area contributed by atoms with Crippen LogP contribution in [-0.2, 0) is 12.3 Å².